The molecular weight excluding hydrogens is 290 g/mol. The molecule has 1 aromatic carbocycles. The van der Waals surface area contributed by atoms with Crippen molar-refractivity contribution in [1.82, 2.24) is 10.7 Å². The van der Waals surface area contributed by atoms with E-state index in [1.165, 1.54) is 31.5 Å². The van der Waals surface area contributed by atoms with Crippen molar-refractivity contribution in [3.05, 3.63) is 29.3 Å². The van der Waals surface area contributed by atoms with E-state index >= 15 is 0 Å². The SMILES string of the molecule is CCCNC(=O)C(=O)N/N=C\c1ccc(OC)c(C(=O)[O-])c1. The van der Waals surface area contributed by atoms with Gasteiger partial charge in [-0.15, -0.1) is 0 Å². The van der Waals surface area contributed by atoms with E-state index in [-0.39, 0.29) is 11.3 Å². The van der Waals surface area contributed by atoms with Crippen LogP contribution in [0.5, 0.6) is 5.75 Å². The Morgan fingerprint density at radius 3 is 2.64 bits per heavy atom. The number of amides is 2. The van der Waals surface area contributed by atoms with Crippen molar-refractivity contribution in [1.29, 1.82) is 0 Å². The lowest BCUT2D eigenvalue weighted by Gasteiger charge is -2.09. The van der Waals surface area contributed by atoms with E-state index in [0.717, 1.165) is 0 Å². The highest BCUT2D eigenvalue weighted by Gasteiger charge is 2.10. The number of hydrogen-bond donors (Lipinski definition) is 2. The first-order valence-electron chi connectivity index (χ1n) is 6.50. The van der Waals surface area contributed by atoms with Crippen molar-refractivity contribution in [3.8, 4) is 5.75 Å². The first-order chi connectivity index (χ1) is 10.5. The predicted octanol–water partition coefficient (Wildman–Crippen LogP) is -0.965. The van der Waals surface area contributed by atoms with Gasteiger partial charge in [-0.25, -0.2) is 5.43 Å². The fraction of sp³-hybridized carbons (Fsp3) is 0.286. The molecule has 0 saturated heterocycles. The maximum absolute atomic E-state index is 11.4. The molecule has 22 heavy (non-hydrogen) atoms. The highest BCUT2D eigenvalue weighted by atomic mass is 16.5. The number of nitrogens with one attached hydrogen (secondary N) is 2. The summed E-state index contributed by atoms with van der Waals surface area (Å²) < 4.78 is 4.89. The molecule has 0 heterocycles. The second kappa shape index (κ2) is 8.40. The lowest BCUT2D eigenvalue weighted by atomic mass is 10.1. The molecule has 0 bridgehead atoms. The molecule has 2 amide bonds. The summed E-state index contributed by atoms with van der Waals surface area (Å²) in [5.74, 6) is -2.93. The number of carbonyl (C=O) groups excluding carboxylic acids is 3. The van der Waals surface area contributed by atoms with Gasteiger partial charge in [-0.1, -0.05) is 6.92 Å². The summed E-state index contributed by atoms with van der Waals surface area (Å²) in [5.41, 5.74) is 2.30. The minimum Gasteiger partial charge on any atom is -0.545 e. The zero-order chi connectivity index (χ0) is 16.5. The van der Waals surface area contributed by atoms with Crippen LogP contribution in [-0.4, -0.2) is 37.7 Å². The number of ether oxygens (including phenoxy) is 1. The second-order valence-electron chi connectivity index (χ2n) is 4.20. The fourth-order valence-electron chi connectivity index (χ4n) is 1.50. The first-order valence-corrected chi connectivity index (χ1v) is 6.50. The molecule has 0 atom stereocenters. The van der Waals surface area contributed by atoms with Crippen LogP contribution >= 0.6 is 0 Å². The van der Waals surface area contributed by atoms with Crippen molar-refractivity contribution in [3.63, 3.8) is 0 Å². The molecule has 0 aliphatic rings. The minimum atomic E-state index is -1.39. The van der Waals surface area contributed by atoms with Crippen LogP contribution in [-0.2, 0) is 9.59 Å². The van der Waals surface area contributed by atoms with E-state index in [4.69, 9.17) is 4.74 Å². The van der Waals surface area contributed by atoms with E-state index in [9.17, 15) is 19.5 Å². The van der Waals surface area contributed by atoms with Crippen molar-refractivity contribution in [2.45, 2.75) is 13.3 Å². The van der Waals surface area contributed by atoms with Crippen LogP contribution < -0.4 is 20.6 Å². The van der Waals surface area contributed by atoms with Crippen molar-refractivity contribution < 1.29 is 24.2 Å². The molecule has 0 aliphatic carbocycles. The lowest BCUT2D eigenvalue weighted by molar-refractivity contribution is -0.255. The molecular formula is C14H16N3O5-. The zero-order valence-corrected chi connectivity index (χ0v) is 12.2. The summed E-state index contributed by atoms with van der Waals surface area (Å²) in [5, 5.41) is 16.9. The monoisotopic (exact) mass is 306 g/mol. The van der Waals surface area contributed by atoms with Crippen LogP contribution in [0.25, 0.3) is 0 Å². The van der Waals surface area contributed by atoms with Crippen LogP contribution in [0.3, 0.4) is 0 Å². The van der Waals surface area contributed by atoms with Gasteiger partial charge in [0, 0.05) is 12.1 Å². The smallest absolute Gasteiger partial charge is 0.329 e. The van der Waals surface area contributed by atoms with Gasteiger partial charge >= 0.3 is 11.8 Å². The average Bonchev–Trinajstić information content (AvgIpc) is 2.52. The molecule has 0 fully saturated rings. The molecule has 0 saturated carbocycles. The second-order valence-corrected chi connectivity index (χ2v) is 4.20. The van der Waals surface area contributed by atoms with E-state index in [0.29, 0.717) is 18.5 Å². The molecule has 0 aliphatic heterocycles. The Morgan fingerprint density at radius 2 is 2.05 bits per heavy atom. The van der Waals surface area contributed by atoms with E-state index in [2.05, 4.69) is 10.4 Å². The van der Waals surface area contributed by atoms with Gasteiger partial charge in [0.25, 0.3) is 0 Å². The van der Waals surface area contributed by atoms with Gasteiger partial charge in [-0.05, 0) is 30.2 Å². The topological polar surface area (TPSA) is 120 Å². The number of methoxy groups -OCH3 is 1. The van der Waals surface area contributed by atoms with Crippen LogP contribution in [0, 0.1) is 0 Å². The molecule has 2 N–H and O–H groups in total. The van der Waals surface area contributed by atoms with Gasteiger partial charge < -0.3 is 20.0 Å². The summed E-state index contributed by atoms with van der Waals surface area (Å²) in [6.07, 6.45) is 1.91. The number of benzene rings is 1. The molecule has 0 unspecified atom stereocenters. The summed E-state index contributed by atoms with van der Waals surface area (Å²) in [6.45, 7) is 2.25. The number of carboxylic acids is 1. The van der Waals surface area contributed by atoms with Crippen LogP contribution in [0.15, 0.2) is 23.3 Å². The van der Waals surface area contributed by atoms with Crippen molar-refractivity contribution >= 4 is 24.0 Å². The number of rotatable bonds is 6. The highest BCUT2D eigenvalue weighted by molar-refractivity contribution is 6.35. The quantitative estimate of drug-likeness (QED) is 0.398. The zero-order valence-electron chi connectivity index (χ0n) is 12.2. The summed E-state index contributed by atoms with van der Waals surface area (Å²) in [7, 11) is 1.34. The number of aromatic carboxylic acids is 1. The highest BCUT2D eigenvalue weighted by Crippen LogP contribution is 2.18. The first kappa shape index (κ1) is 17.2. The third-order valence-electron chi connectivity index (χ3n) is 2.56. The van der Waals surface area contributed by atoms with Gasteiger partial charge in [-0.2, -0.15) is 5.10 Å². The van der Waals surface area contributed by atoms with Crippen molar-refractivity contribution in [2.75, 3.05) is 13.7 Å². The Morgan fingerprint density at radius 1 is 1.32 bits per heavy atom. The van der Waals surface area contributed by atoms with Gasteiger partial charge in [0.2, 0.25) is 0 Å². The maximum Gasteiger partial charge on any atom is 0.329 e. The summed E-state index contributed by atoms with van der Waals surface area (Å²) >= 11 is 0. The van der Waals surface area contributed by atoms with E-state index < -0.39 is 17.8 Å². The molecule has 0 spiro atoms. The number of nitrogens with zero attached hydrogens (tertiary/aromatic N) is 1. The maximum atomic E-state index is 11.4. The Bertz CT molecular complexity index is 598. The molecule has 8 nitrogen and oxygen atoms in total. The fourth-order valence-corrected chi connectivity index (χ4v) is 1.50. The van der Waals surface area contributed by atoms with E-state index in [1.54, 1.807) is 0 Å². The number of hydrogen-bond acceptors (Lipinski definition) is 6. The van der Waals surface area contributed by atoms with Crippen LogP contribution in [0.1, 0.15) is 29.3 Å². The molecule has 1 aromatic rings. The standard InChI is InChI=1S/C14H17N3O5/c1-3-6-15-12(18)13(19)17-16-8-9-4-5-11(22-2)10(7-9)14(20)21/h4-5,7-8H,3,6H2,1-2H3,(H,15,18)(H,17,19)(H,20,21)/p-1/b16-8-. The summed E-state index contributed by atoms with van der Waals surface area (Å²) in [4.78, 5) is 33.6. The van der Waals surface area contributed by atoms with Gasteiger partial charge in [0.15, 0.2) is 0 Å². The predicted molar refractivity (Wildman–Crippen MR) is 76.4 cm³/mol. The Labute approximate surface area is 127 Å². The molecule has 118 valence electrons. The molecule has 0 aromatic heterocycles. The molecule has 0 radical (unpaired) electrons. The Hall–Kier alpha value is -2.90. The molecule has 1 rings (SSSR count). The normalized spacial score (nSPS) is 10.3. The van der Waals surface area contributed by atoms with Crippen LogP contribution in [0.2, 0.25) is 0 Å². The van der Waals surface area contributed by atoms with Gasteiger partial charge in [0.05, 0.1) is 19.3 Å². The third kappa shape index (κ3) is 4.89. The summed E-state index contributed by atoms with van der Waals surface area (Å²) in [6, 6.07) is 4.25. The molecule has 8 heteroatoms. The lowest BCUT2D eigenvalue weighted by Crippen LogP contribution is -2.38. The van der Waals surface area contributed by atoms with E-state index in [1.807, 2.05) is 12.3 Å². The van der Waals surface area contributed by atoms with Gasteiger partial charge in [0.1, 0.15) is 5.75 Å². The Balaban J connectivity index is 2.71. The van der Waals surface area contributed by atoms with Crippen LogP contribution in [0.4, 0.5) is 0 Å². The number of carboxylic acid groups (broad SMARTS) is 1. The Kier molecular flexibility index (Phi) is 6.55. The van der Waals surface area contributed by atoms with Crippen molar-refractivity contribution in [2.24, 2.45) is 5.10 Å². The number of hydrazone groups is 1. The number of carbonyl (C=O) groups is 3. The van der Waals surface area contributed by atoms with Gasteiger partial charge in [-0.3, -0.25) is 9.59 Å². The third-order valence-corrected chi connectivity index (χ3v) is 2.56. The minimum absolute atomic E-state index is 0.140. The largest absolute Gasteiger partial charge is 0.545 e. The average molecular weight is 306 g/mol.